The van der Waals surface area contributed by atoms with E-state index in [0.717, 1.165) is 5.56 Å². The summed E-state index contributed by atoms with van der Waals surface area (Å²) in [5.74, 6) is -0.000477. The number of benzene rings is 1. The van der Waals surface area contributed by atoms with Gasteiger partial charge < -0.3 is 16.4 Å². The second-order valence-corrected chi connectivity index (χ2v) is 5.31. The van der Waals surface area contributed by atoms with Gasteiger partial charge in [-0.15, -0.1) is 0 Å². The predicted molar refractivity (Wildman–Crippen MR) is 81.5 cm³/mol. The predicted octanol–water partition coefficient (Wildman–Crippen LogP) is 1.55. The minimum absolute atomic E-state index is 0.377. The van der Waals surface area contributed by atoms with Crippen LogP contribution in [0.5, 0.6) is 0 Å². The van der Waals surface area contributed by atoms with Gasteiger partial charge in [-0.1, -0.05) is 44.2 Å². The highest BCUT2D eigenvalue weighted by Gasteiger charge is 2.17. The van der Waals surface area contributed by atoms with E-state index < -0.39 is 6.04 Å². The topological polar surface area (TPSA) is 67.2 Å². The molecule has 1 rings (SSSR count). The lowest BCUT2D eigenvalue weighted by molar-refractivity contribution is -0.120. The van der Waals surface area contributed by atoms with Crippen LogP contribution in [-0.4, -0.2) is 17.1 Å². The Hall–Kier alpha value is -1.62. The Morgan fingerprint density at radius 2 is 1.95 bits per heavy atom. The van der Waals surface area contributed by atoms with Crippen LogP contribution >= 0.6 is 12.2 Å². The first-order chi connectivity index (χ1) is 8.99. The Labute approximate surface area is 119 Å². The molecule has 104 valence electrons. The van der Waals surface area contributed by atoms with Crippen molar-refractivity contribution in [3.63, 3.8) is 0 Å². The summed E-state index contributed by atoms with van der Waals surface area (Å²) >= 11 is 5.17. The lowest BCUT2D eigenvalue weighted by atomic mass is 10.0. The van der Waals surface area contributed by atoms with Crippen LogP contribution in [0.2, 0.25) is 0 Å². The number of hydrogen-bond donors (Lipinski definition) is 3. The molecule has 4 nitrogen and oxygen atoms in total. The lowest BCUT2D eigenvalue weighted by Crippen LogP contribution is -2.48. The average molecular weight is 279 g/mol. The molecular weight excluding hydrogens is 258 g/mol. The summed E-state index contributed by atoms with van der Waals surface area (Å²) in [4.78, 5) is 11.3. The fourth-order valence-electron chi connectivity index (χ4n) is 1.71. The van der Waals surface area contributed by atoms with Gasteiger partial charge in [0.05, 0.1) is 0 Å². The number of rotatable bonds is 6. The Morgan fingerprint density at radius 1 is 1.32 bits per heavy atom. The zero-order valence-electron chi connectivity index (χ0n) is 11.3. The van der Waals surface area contributed by atoms with Crippen LogP contribution in [0.1, 0.15) is 25.8 Å². The molecule has 1 aromatic carbocycles. The highest BCUT2D eigenvalue weighted by Crippen LogP contribution is 2.04. The number of nitrogens with two attached hydrogens (primary N) is 1. The first-order valence-corrected chi connectivity index (χ1v) is 6.77. The quantitative estimate of drug-likeness (QED) is 0.691. The molecule has 0 radical (unpaired) electrons. The minimum Gasteiger partial charge on any atom is -0.368 e. The molecule has 0 aliphatic rings. The number of hydrogen-bond acceptors (Lipinski definition) is 2. The lowest BCUT2D eigenvalue weighted by Gasteiger charge is -2.19. The Balaban J connectivity index is 2.42. The number of carbonyl (C=O) groups is 1. The van der Waals surface area contributed by atoms with Gasteiger partial charge in [-0.25, -0.2) is 0 Å². The summed E-state index contributed by atoms with van der Waals surface area (Å²) < 4.78 is 0. The molecule has 1 unspecified atom stereocenters. The highest BCUT2D eigenvalue weighted by molar-refractivity contribution is 7.80. The third kappa shape index (κ3) is 6.20. The van der Waals surface area contributed by atoms with Crippen molar-refractivity contribution in [1.82, 2.24) is 10.6 Å². The molecule has 1 atom stereocenters. The number of carbonyl (C=O) groups excluding carboxylic acids is 1. The van der Waals surface area contributed by atoms with Gasteiger partial charge in [0.2, 0.25) is 5.91 Å². The Morgan fingerprint density at radius 3 is 2.47 bits per heavy atom. The van der Waals surface area contributed by atoms with E-state index in [1.54, 1.807) is 0 Å². The van der Waals surface area contributed by atoms with Crippen LogP contribution in [0.25, 0.3) is 0 Å². The standard InChI is InChI=1S/C14H21N3OS/c1-10(2)8-12(13(15)18)17-14(19)16-9-11-6-4-3-5-7-11/h3-7,10,12H,8-9H2,1-2H3,(H2,15,18)(H2,16,17,19). The zero-order valence-corrected chi connectivity index (χ0v) is 12.2. The number of thiocarbonyl (C=S) groups is 1. The zero-order chi connectivity index (χ0) is 14.3. The van der Waals surface area contributed by atoms with E-state index >= 15 is 0 Å². The van der Waals surface area contributed by atoms with Crippen molar-refractivity contribution < 1.29 is 4.79 Å². The van der Waals surface area contributed by atoms with Crippen molar-refractivity contribution in [1.29, 1.82) is 0 Å². The van der Waals surface area contributed by atoms with E-state index in [9.17, 15) is 4.79 Å². The van der Waals surface area contributed by atoms with Gasteiger partial charge in [0, 0.05) is 6.54 Å². The van der Waals surface area contributed by atoms with Crippen molar-refractivity contribution in [2.24, 2.45) is 11.7 Å². The molecule has 0 fully saturated rings. The summed E-state index contributed by atoms with van der Waals surface area (Å²) in [7, 11) is 0. The highest BCUT2D eigenvalue weighted by atomic mass is 32.1. The van der Waals surface area contributed by atoms with E-state index in [1.165, 1.54) is 0 Å². The van der Waals surface area contributed by atoms with Crippen LogP contribution in [0.3, 0.4) is 0 Å². The van der Waals surface area contributed by atoms with Crippen LogP contribution in [-0.2, 0) is 11.3 Å². The second kappa shape index (κ2) is 7.74. The normalized spacial score (nSPS) is 11.9. The molecule has 0 saturated heterocycles. The Bertz CT molecular complexity index is 420. The van der Waals surface area contributed by atoms with Crippen molar-refractivity contribution >= 4 is 23.2 Å². The molecule has 0 aliphatic carbocycles. The molecule has 19 heavy (non-hydrogen) atoms. The fourth-order valence-corrected chi connectivity index (χ4v) is 1.92. The summed E-state index contributed by atoms with van der Waals surface area (Å²) in [6.45, 7) is 4.70. The molecule has 0 spiro atoms. The summed E-state index contributed by atoms with van der Waals surface area (Å²) in [6, 6.07) is 9.50. The fraction of sp³-hybridized carbons (Fsp3) is 0.429. The number of primary amides is 1. The van der Waals surface area contributed by atoms with Gasteiger partial charge in [0.25, 0.3) is 0 Å². The van der Waals surface area contributed by atoms with Gasteiger partial charge in [-0.3, -0.25) is 4.79 Å². The van der Waals surface area contributed by atoms with Gasteiger partial charge >= 0.3 is 0 Å². The first kappa shape index (κ1) is 15.4. The van der Waals surface area contributed by atoms with E-state index in [-0.39, 0.29) is 5.91 Å². The largest absolute Gasteiger partial charge is 0.368 e. The van der Waals surface area contributed by atoms with Crippen molar-refractivity contribution in [3.8, 4) is 0 Å². The van der Waals surface area contributed by atoms with Crippen LogP contribution < -0.4 is 16.4 Å². The van der Waals surface area contributed by atoms with Crippen LogP contribution in [0.4, 0.5) is 0 Å². The number of nitrogens with one attached hydrogen (secondary N) is 2. The molecule has 0 bridgehead atoms. The molecule has 4 N–H and O–H groups in total. The van der Waals surface area contributed by atoms with Gasteiger partial charge in [0.15, 0.2) is 5.11 Å². The van der Waals surface area contributed by atoms with Crippen molar-refractivity contribution in [2.45, 2.75) is 32.9 Å². The van der Waals surface area contributed by atoms with Crippen LogP contribution in [0.15, 0.2) is 30.3 Å². The van der Waals surface area contributed by atoms with E-state index in [4.69, 9.17) is 18.0 Å². The summed E-state index contributed by atoms with van der Waals surface area (Å²) in [5.41, 5.74) is 6.48. The molecular formula is C14H21N3OS. The van der Waals surface area contributed by atoms with Crippen LogP contribution in [0, 0.1) is 5.92 Å². The van der Waals surface area contributed by atoms with E-state index in [1.807, 2.05) is 44.2 Å². The maximum atomic E-state index is 11.3. The third-order valence-corrected chi connectivity index (χ3v) is 2.91. The van der Waals surface area contributed by atoms with Crippen molar-refractivity contribution in [3.05, 3.63) is 35.9 Å². The number of amides is 1. The minimum atomic E-state index is -0.421. The molecule has 0 aliphatic heterocycles. The van der Waals surface area contributed by atoms with E-state index in [0.29, 0.717) is 24.0 Å². The second-order valence-electron chi connectivity index (χ2n) is 4.90. The molecule has 0 heterocycles. The maximum absolute atomic E-state index is 11.3. The molecule has 0 aromatic heterocycles. The average Bonchev–Trinajstić information content (AvgIpc) is 2.36. The monoisotopic (exact) mass is 279 g/mol. The third-order valence-electron chi connectivity index (χ3n) is 2.65. The molecule has 1 aromatic rings. The summed E-state index contributed by atoms with van der Waals surface area (Å²) in [6.07, 6.45) is 0.669. The smallest absolute Gasteiger partial charge is 0.239 e. The molecule has 5 heteroatoms. The molecule has 0 saturated carbocycles. The van der Waals surface area contributed by atoms with Gasteiger partial charge in [-0.2, -0.15) is 0 Å². The van der Waals surface area contributed by atoms with Crippen molar-refractivity contribution in [2.75, 3.05) is 0 Å². The van der Waals surface area contributed by atoms with E-state index in [2.05, 4.69) is 10.6 Å². The van der Waals surface area contributed by atoms with Gasteiger partial charge in [0.1, 0.15) is 6.04 Å². The van der Waals surface area contributed by atoms with Gasteiger partial charge in [-0.05, 0) is 30.1 Å². The Kier molecular flexibility index (Phi) is 6.29. The first-order valence-electron chi connectivity index (χ1n) is 6.36. The summed E-state index contributed by atoms with van der Waals surface area (Å²) in [5, 5.41) is 6.49. The maximum Gasteiger partial charge on any atom is 0.239 e. The SMILES string of the molecule is CC(C)CC(NC(=S)NCc1ccccc1)C(N)=O. The molecule has 1 amide bonds.